The maximum atomic E-state index is 12.5. The summed E-state index contributed by atoms with van der Waals surface area (Å²) in [6.45, 7) is 5.22. The number of rotatable bonds is 6. The molecule has 0 radical (unpaired) electrons. The summed E-state index contributed by atoms with van der Waals surface area (Å²) in [5.74, 6) is 0.763. The molecule has 2 amide bonds. The van der Waals surface area contributed by atoms with Gasteiger partial charge in [0.15, 0.2) is 11.5 Å². The van der Waals surface area contributed by atoms with E-state index in [4.69, 9.17) is 9.47 Å². The van der Waals surface area contributed by atoms with Crippen molar-refractivity contribution in [1.29, 1.82) is 0 Å². The number of benzene rings is 1. The number of ether oxygens (including phenoxy) is 2. The summed E-state index contributed by atoms with van der Waals surface area (Å²) < 4.78 is 11.1. The smallest absolute Gasteiger partial charge is 0.227 e. The number of hydrogen-bond donors (Lipinski definition) is 2. The van der Waals surface area contributed by atoms with Gasteiger partial charge < -0.3 is 24.8 Å². The molecule has 1 unspecified atom stereocenters. The monoisotopic (exact) mass is 362 g/mol. The van der Waals surface area contributed by atoms with Crippen LogP contribution in [0, 0.1) is 11.8 Å². The van der Waals surface area contributed by atoms with Gasteiger partial charge in [0.2, 0.25) is 11.8 Å². The lowest BCUT2D eigenvalue weighted by atomic mass is 9.98. The second-order valence-electron chi connectivity index (χ2n) is 6.92. The number of carbonyl (C=O) groups excluding carboxylic acids is 2. The zero-order valence-electron chi connectivity index (χ0n) is 15.2. The Hall–Kier alpha value is -2.28. The highest BCUT2D eigenvalue weighted by Crippen LogP contribution is 2.36. The fraction of sp³-hybridized carbons (Fsp3) is 0.579. The van der Waals surface area contributed by atoms with Crippen LogP contribution in [0.4, 0.5) is 5.69 Å². The van der Waals surface area contributed by atoms with Crippen LogP contribution in [0.3, 0.4) is 0 Å². The average molecular weight is 362 g/mol. The van der Waals surface area contributed by atoms with E-state index in [0.29, 0.717) is 36.9 Å². The van der Waals surface area contributed by atoms with Gasteiger partial charge in [0.05, 0.1) is 18.6 Å². The Bertz CT molecular complexity index is 678. The lowest BCUT2D eigenvalue weighted by Crippen LogP contribution is -2.45. The predicted molar refractivity (Wildman–Crippen MR) is 96.4 cm³/mol. The van der Waals surface area contributed by atoms with Crippen LogP contribution >= 0.6 is 0 Å². The molecule has 1 aromatic rings. The van der Waals surface area contributed by atoms with Gasteiger partial charge >= 0.3 is 0 Å². The van der Waals surface area contributed by atoms with Gasteiger partial charge in [-0.25, -0.2) is 0 Å². The van der Waals surface area contributed by atoms with Gasteiger partial charge in [0.25, 0.3) is 0 Å². The minimum absolute atomic E-state index is 0.0917. The number of hydrogen-bond acceptors (Lipinski definition) is 5. The van der Waals surface area contributed by atoms with Crippen LogP contribution < -0.4 is 19.7 Å². The van der Waals surface area contributed by atoms with Gasteiger partial charge in [-0.2, -0.15) is 0 Å². The number of amides is 2. The highest BCUT2D eigenvalue weighted by molar-refractivity contribution is 6.00. The van der Waals surface area contributed by atoms with Crippen molar-refractivity contribution in [3.63, 3.8) is 0 Å². The maximum absolute atomic E-state index is 12.5. The molecule has 7 heteroatoms. The van der Waals surface area contributed by atoms with Crippen LogP contribution in [0.1, 0.15) is 26.7 Å². The molecular weight excluding hydrogens is 336 g/mol. The fourth-order valence-electron chi connectivity index (χ4n) is 3.29. The van der Waals surface area contributed by atoms with Crippen LogP contribution in [0.2, 0.25) is 0 Å². The summed E-state index contributed by atoms with van der Waals surface area (Å²) >= 11 is 0. The Labute approximate surface area is 153 Å². The average Bonchev–Trinajstić information content (AvgIpc) is 3.06. The van der Waals surface area contributed by atoms with Gasteiger partial charge in [-0.15, -0.1) is 0 Å². The first-order chi connectivity index (χ1) is 12.5. The summed E-state index contributed by atoms with van der Waals surface area (Å²) in [6, 6.07) is 5.09. The molecule has 2 aliphatic rings. The van der Waals surface area contributed by atoms with Gasteiger partial charge in [0, 0.05) is 24.7 Å². The molecule has 0 saturated carbocycles. The van der Waals surface area contributed by atoms with Crippen molar-refractivity contribution in [1.82, 2.24) is 5.32 Å². The highest BCUT2D eigenvalue weighted by Gasteiger charge is 2.36. The van der Waals surface area contributed by atoms with E-state index in [-0.39, 0.29) is 36.8 Å². The second-order valence-corrected chi connectivity index (χ2v) is 6.92. The summed E-state index contributed by atoms with van der Waals surface area (Å²) in [7, 11) is 0. The first-order valence-electron chi connectivity index (χ1n) is 9.14. The second kappa shape index (κ2) is 7.95. The number of nitrogens with one attached hydrogen (secondary N) is 1. The standard InChI is InChI=1S/C19H26N2O5/c1-3-12(2)15(11-22)20-19(24)13-8-18(23)21(10-13)14-4-5-16-17(9-14)26-7-6-25-16/h4-5,9,12-13,15,22H,3,6-8,10-11H2,1-2H3,(H,20,24)/t12-,13?,15-/m1/s1. The molecule has 2 aliphatic heterocycles. The van der Waals surface area contributed by atoms with E-state index in [2.05, 4.69) is 5.32 Å². The number of carbonyl (C=O) groups is 2. The number of fused-ring (bicyclic) bond motifs is 1. The van der Waals surface area contributed by atoms with Gasteiger partial charge in [-0.1, -0.05) is 20.3 Å². The van der Waals surface area contributed by atoms with E-state index >= 15 is 0 Å². The lowest BCUT2D eigenvalue weighted by molar-refractivity contribution is -0.127. The Balaban J connectivity index is 1.67. The third kappa shape index (κ3) is 3.77. The fourth-order valence-corrected chi connectivity index (χ4v) is 3.29. The van der Waals surface area contributed by atoms with Gasteiger partial charge in [-0.3, -0.25) is 9.59 Å². The summed E-state index contributed by atoms with van der Waals surface area (Å²) in [5.41, 5.74) is 0.704. The van der Waals surface area contributed by atoms with Crippen molar-refractivity contribution in [2.24, 2.45) is 11.8 Å². The molecule has 1 aromatic carbocycles. The topological polar surface area (TPSA) is 88.1 Å². The highest BCUT2D eigenvalue weighted by atomic mass is 16.6. The van der Waals surface area contributed by atoms with Crippen LogP contribution in [0.15, 0.2) is 18.2 Å². The molecule has 3 rings (SSSR count). The SMILES string of the molecule is CC[C@@H](C)[C@@H](CO)NC(=O)C1CC(=O)N(c2ccc3c(c2)OCCO3)C1. The molecule has 2 N–H and O–H groups in total. The Morgan fingerprint density at radius 1 is 1.35 bits per heavy atom. The first kappa shape index (κ1) is 18.5. The largest absolute Gasteiger partial charge is 0.486 e. The number of aliphatic hydroxyl groups excluding tert-OH is 1. The van der Waals surface area contributed by atoms with Crippen molar-refractivity contribution < 1.29 is 24.2 Å². The zero-order chi connectivity index (χ0) is 18.7. The van der Waals surface area contributed by atoms with Gasteiger partial charge in [0.1, 0.15) is 13.2 Å². The molecule has 3 atom stereocenters. The Kier molecular flexibility index (Phi) is 5.66. The third-order valence-electron chi connectivity index (χ3n) is 5.19. The minimum atomic E-state index is -0.422. The van der Waals surface area contributed by atoms with E-state index in [0.717, 1.165) is 6.42 Å². The third-order valence-corrected chi connectivity index (χ3v) is 5.19. The van der Waals surface area contributed by atoms with Crippen LogP contribution in [-0.4, -0.2) is 49.3 Å². The molecule has 2 heterocycles. The van der Waals surface area contributed by atoms with Crippen molar-refractivity contribution in [3.05, 3.63) is 18.2 Å². The Morgan fingerprint density at radius 3 is 2.77 bits per heavy atom. The minimum Gasteiger partial charge on any atom is -0.486 e. The van der Waals surface area contributed by atoms with E-state index in [1.165, 1.54) is 0 Å². The normalized spacial score (nSPS) is 21.4. The molecule has 0 spiro atoms. The molecule has 0 aromatic heterocycles. The van der Waals surface area contributed by atoms with Crippen molar-refractivity contribution >= 4 is 17.5 Å². The van der Waals surface area contributed by atoms with E-state index in [1.54, 1.807) is 23.1 Å². The number of aliphatic hydroxyl groups is 1. The number of anilines is 1. The molecule has 1 fully saturated rings. The van der Waals surface area contributed by atoms with E-state index in [1.807, 2.05) is 13.8 Å². The van der Waals surface area contributed by atoms with Crippen LogP contribution in [0.25, 0.3) is 0 Å². The predicted octanol–water partition coefficient (Wildman–Crippen LogP) is 1.33. The lowest BCUT2D eigenvalue weighted by Gasteiger charge is -2.24. The first-order valence-corrected chi connectivity index (χ1v) is 9.14. The quantitative estimate of drug-likeness (QED) is 0.797. The molecule has 26 heavy (non-hydrogen) atoms. The van der Waals surface area contributed by atoms with Crippen molar-refractivity contribution in [2.45, 2.75) is 32.7 Å². The van der Waals surface area contributed by atoms with E-state index in [9.17, 15) is 14.7 Å². The van der Waals surface area contributed by atoms with Crippen LogP contribution in [0.5, 0.6) is 11.5 Å². The molecule has 0 bridgehead atoms. The maximum Gasteiger partial charge on any atom is 0.227 e. The molecular formula is C19H26N2O5. The summed E-state index contributed by atoms with van der Waals surface area (Å²) in [4.78, 5) is 26.6. The molecule has 1 saturated heterocycles. The summed E-state index contributed by atoms with van der Waals surface area (Å²) in [6.07, 6.45) is 1.03. The van der Waals surface area contributed by atoms with Crippen LogP contribution in [-0.2, 0) is 9.59 Å². The van der Waals surface area contributed by atoms with Gasteiger partial charge in [-0.05, 0) is 18.1 Å². The van der Waals surface area contributed by atoms with Crippen molar-refractivity contribution in [2.75, 3.05) is 31.3 Å². The molecule has 142 valence electrons. The van der Waals surface area contributed by atoms with E-state index < -0.39 is 5.92 Å². The zero-order valence-corrected chi connectivity index (χ0v) is 15.2. The van der Waals surface area contributed by atoms with Crippen molar-refractivity contribution in [3.8, 4) is 11.5 Å². The summed E-state index contributed by atoms with van der Waals surface area (Å²) in [5, 5.41) is 12.4. The Morgan fingerprint density at radius 2 is 2.08 bits per heavy atom. The molecule has 0 aliphatic carbocycles. The molecule has 7 nitrogen and oxygen atoms in total. The number of nitrogens with zero attached hydrogens (tertiary/aromatic N) is 1.